The van der Waals surface area contributed by atoms with Gasteiger partial charge in [0, 0.05) is 32.1 Å². The number of anilines is 3. The Kier molecular flexibility index (Phi) is 11.0. The molecule has 2 atom stereocenters. The van der Waals surface area contributed by atoms with Gasteiger partial charge in [-0.25, -0.2) is 4.98 Å². The van der Waals surface area contributed by atoms with E-state index in [1.165, 1.54) is 18.0 Å². The molecule has 1 aromatic heterocycles. The van der Waals surface area contributed by atoms with Crippen molar-refractivity contribution in [2.75, 3.05) is 49.7 Å². The molecule has 0 radical (unpaired) electrons. The lowest BCUT2D eigenvalue weighted by Crippen LogP contribution is -2.36. The maximum Gasteiger partial charge on any atom is 0.229 e. The van der Waals surface area contributed by atoms with Crippen molar-refractivity contribution in [3.05, 3.63) is 45.2 Å². The van der Waals surface area contributed by atoms with Crippen molar-refractivity contribution in [1.82, 2.24) is 14.9 Å². The first-order chi connectivity index (χ1) is 19.7. The third-order valence-corrected chi connectivity index (χ3v) is 9.00. The second-order valence-corrected chi connectivity index (χ2v) is 13.0. The molecule has 2 heterocycles. The van der Waals surface area contributed by atoms with Crippen molar-refractivity contribution in [2.45, 2.75) is 58.5 Å². The van der Waals surface area contributed by atoms with Crippen molar-refractivity contribution in [1.29, 1.82) is 0 Å². The quantitative estimate of drug-likeness (QED) is 0.243. The van der Waals surface area contributed by atoms with Gasteiger partial charge in [-0.15, -0.1) is 0 Å². The van der Waals surface area contributed by atoms with Gasteiger partial charge in [-0.05, 0) is 74.2 Å². The SMILES string of the molecule is CN=CC(Nc1nc(Nc2cc(C)c(C3CCCN(CCO)C3)cc2OC2CC2)ncc1Cl)=C(N)S(=O)CC(C)C. The van der Waals surface area contributed by atoms with Gasteiger partial charge in [0.15, 0.2) is 5.82 Å². The highest BCUT2D eigenvalue weighted by atomic mass is 35.5. The molecule has 2 aliphatic rings. The van der Waals surface area contributed by atoms with Crippen LogP contribution in [0, 0.1) is 12.8 Å². The number of nitrogens with two attached hydrogens (primary N) is 1. The molecule has 12 heteroatoms. The molecule has 0 spiro atoms. The number of halogens is 1. The van der Waals surface area contributed by atoms with E-state index >= 15 is 0 Å². The zero-order chi connectivity index (χ0) is 29.5. The first-order valence-corrected chi connectivity index (χ1v) is 15.9. The predicted molar refractivity (Wildman–Crippen MR) is 168 cm³/mol. The fraction of sp³-hybridized carbons (Fsp3) is 0.552. The summed E-state index contributed by atoms with van der Waals surface area (Å²) in [5.74, 6) is 2.43. The summed E-state index contributed by atoms with van der Waals surface area (Å²) in [6, 6.07) is 4.24. The highest BCUT2D eigenvalue weighted by Crippen LogP contribution is 2.39. The van der Waals surface area contributed by atoms with Crippen molar-refractivity contribution >= 4 is 46.1 Å². The maximum atomic E-state index is 12.7. The molecule has 5 N–H and O–H groups in total. The molecule has 41 heavy (non-hydrogen) atoms. The van der Waals surface area contributed by atoms with Gasteiger partial charge in [0.05, 0.1) is 41.1 Å². The summed E-state index contributed by atoms with van der Waals surface area (Å²) in [5.41, 5.74) is 9.81. The first kappa shape index (κ1) is 31.2. The number of β-amino-alcohol motifs (C(OH)–C–C–N with tert-alkyl or cyclic N) is 1. The summed E-state index contributed by atoms with van der Waals surface area (Å²) in [6.07, 6.45) is 7.51. The number of hydrogen-bond acceptors (Lipinski definition) is 10. The van der Waals surface area contributed by atoms with Crippen LogP contribution in [0.4, 0.5) is 17.5 Å². The van der Waals surface area contributed by atoms with Crippen molar-refractivity contribution in [3.8, 4) is 5.75 Å². The molecule has 4 rings (SSSR count). The van der Waals surface area contributed by atoms with Crippen LogP contribution >= 0.6 is 11.6 Å². The first-order valence-electron chi connectivity index (χ1n) is 14.2. The smallest absolute Gasteiger partial charge is 0.229 e. The van der Waals surface area contributed by atoms with Crippen molar-refractivity contribution < 1.29 is 14.1 Å². The lowest BCUT2D eigenvalue weighted by molar-refractivity contribution is 0.161. The average Bonchev–Trinajstić information content (AvgIpc) is 3.75. The molecule has 1 saturated heterocycles. The number of aliphatic hydroxyl groups excluding tert-OH is 1. The molecule has 1 aliphatic heterocycles. The van der Waals surface area contributed by atoms with Crippen molar-refractivity contribution in [2.24, 2.45) is 16.6 Å². The number of ether oxygens (including phenoxy) is 1. The van der Waals surface area contributed by atoms with Gasteiger partial charge in [-0.3, -0.25) is 9.20 Å². The number of aliphatic hydroxyl groups is 1. The van der Waals surface area contributed by atoms with Gasteiger partial charge in [0.2, 0.25) is 5.95 Å². The number of hydrogen-bond donors (Lipinski definition) is 4. The van der Waals surface area contributed by atoms with Crippen LogP contribution in [0.5, 0.6) is 5.75 Å². The zero-order valence-corrected chi connectivity index (χ0v) is 25.9. The van der Waals surface area contributed by atoms with Gasteiger partial charge in [0.25, 0.3) is 0 Å². The predicted octanol–water partition coefficient (Wildman–Crippen LogP) is 4.54. The molecule has 1 saturated carbocycles. The Morgan fingerprint density at radius 3 is 2.83 bits per heavy atom. The van der Waals surface area contributed by atoms with Gasteiger partial charge >= 0.3 is 0 Å². The van der Waals surface area contributed by atoms with E-state index in [9.17, 15) is 9.32 Å². The molecule has 224 valence electrons. The Balaban J connectivity index is 1.61. The number of benzene rings is 1. The molecule has 1 aromatic carbocycles. The normalized spacial score (nSPS) is 19.3. The van der Waals surface area contributed by atoms with E-state index in [2.05, 4.69) is 49.6 Å². The summed E-state index contributed by atoms with van der Waals surface area (Å²) in [7, 11) is 0.223. The average molecular weight is 604 g/mol. The molecule has 2 fully saturated rings. The number of nitrogens with zero attached hydrogens (tertiary/aromatic N) is 4. The van der Waals surface area contributed by atoms with E-state index < -0.39 is 10.8 Å². The minimum Gasteiger partial charge on any atom is -0.488 e. The Morgan fingerprint density at radius 2 is 2.15 bits per heavy atom. The summed E-state index contributed by atoms with van der Waals surface area (Å²) in [6.45, 7) is 8.91. The second kappa shape index (κ2) is 14.4. The fourth-order valence-electron chi connectivity index (χ4n) is 4.92. The third kappa shape index (κ3) is 8.64. The summed E-state index contributed by atoms with van der Waals surface area (Å²) < 4.78 is 19.1. The molecule has 1 aliphatic carbocycles. The lowest BCUT2D eigenvalue weighted by Gasteiger charge is -2.33. The number of rotatable bonds is 13. The van der Waals surface area contributed by atoms with E-state index in [0.29, 0.717) is 35.7 Å². The van der Waals surface area contributed by atoms with E-state index in [-0.39, 0.29) is 28.7 Å². The van der Waals surface area contributed by atoms with Crippen LogP contribution in [0.25, 0.3) is 0 Å². The molecular weight excluding hydrogens is 562 g/mol. The van der Waals surface area contributed by atoms with Crippen LogP contribution < -0.4 is 21.1 Å². The highest BCUT2D eigenvalue weighted by molar-refractivity contribution is 7.88. The molecule has 2 aromatic rings. The van der Waals surface area contributed by atoms with E-state index in [1.807, 2.05) is 13.8 Å². The number of aryl methyl sites for hydroxylation is 1. The fourth-order valence-corrected chi connectivity index (χ4v) is 6.20. The van der Waals surface area contributed by atoms with E-state index in [4.69, 9.17) is 22.1 Å². The van der Waals surface area contributed by atoms with Gasteiger partial charge in [0.1, 0.15) is 15.8 Å². The minimum absolute atomic E-state index is 0.174. The van der Waals surface area contributed by atoms with Crippen LogP contribution in [-0.4, -0.2) is 75.5 Å². The minimum atomic E-state index is -1.39. The Hall–Kier alpha value is -2.73. The van der Waals surface area contributed by atoms with Gasteiger partial charge in [-0.2, -0.15) is 4.98 Å². The zero-order valence-electron chi connectivity index (χ0n) is 24.3. The summed E-state index contributed by atoms with van der Waals surface area (Å²) in [4.78, 5) is 15.4. The molecular formula is C29H42ClN7O3S. The maximum absolute atomic E-state index is 12.7. The number of piperidine rings is 1. The van der Waals surface area contributed by atoms with Crippen LogP contribution in [0.15, 0.2) is 34.0 Å². The molecule has 0 bridgehead atoms. The highest BCUT2D eigenvalue weighted by Gasteiger charge is 2.28. The van der Waals surface area contributed by atoms with Crippen LogP contribution in [-0.2, 0) is 10.8 Å². The number of aliphatic imine (C=N–C) groups is 1. The Bertz CT molecular complexity index is 1300. The largest absolute Gasteiger partial charge is 0.488 e. The Labute approximate surface area is 250 Å². The van der Waals surface area contributed by atoms with E-state index in [0.717, 1.165) is 55.8 Å². The van der Waals surface area contributed by atoms with Crippen LogP contribution in [0.3, 0.4) is 0 Å². The second-order valence-electron chi connectivity index (χ2n) is 11.1. The summed E-state index contributed by atoms with van der Waals surface area (Å²) in [5, 5.41) is 16.3. The van der Waals surface area contributed by atoms with E-state index in [1.54, 1.807) is 7.05 Å². The Morgan fingerprint density at radius 1 is 1.37 bits per heavy atom. The lowest BCUT2D eigenvalue weighted by atomic mass is 9.87. The number of likely N-dealkylation sites (tertiary alicyclic amines) is 1. The van der Waals surface area contributed by atoms with Crippen molar-refractivity contribution in [3.63, 3.8) is 0 Å². The molecule has 2 unspecified atom stereocenters. The topological polar surface area (TPSA) is 138 Å². The third-order valence-electron chi connectivity index (χ3n) is 7.05. The van der Waals surface area contributed by atoms with Crippen LogP contribution in [0.2, 0.25) is 5.02 Å². The summed E-state index contributed by atoms with van der Waals surface area (Å²) >= 11 is 6.44. The number of allylic oxidation sites excluding steroid dienone is 1. The standard InChI is InChI=1S/C29H42ClN7O3S/c1-18(2)17-41(39)27(31)25(15-32-4)34-28-23(30)14-33-29(36-28)35-24-12-19(3)22(13-26(24)40-21-7-8-21)20-6-5-9-37(16-20)10-11-38/h12-15,18,20-21,38H,5-11,16-17,31H2,1-4H3,(H2,33,34,35,36). The monoisotopic (exact) mass is 603 g/mol. The molecule has 10 nitrogen and oxygen atoms in total. The number of aromatic nitrogens is 2. The molecule has 0 amide bonds. The number of nitrogens with one attached hydrogen (secondary N) is 2. The van der Waals surface area contributed by atoms with Crippen LogP contribution in [0.1, 0.15) is 56.6 Å². The van der Waals surface area contributed by atoms with Gasteiger partial charge in [-0.1, -0.05) is 25.4 Å². The van der Waals surface area contributed by atoms with Gasteiger partial charge < -0.3 is 31.1 Å².